The number of benzene rings is 1. The summed E-state index contributed by atoms with van der Waals surface area (Å²) >= 11 is 0. The summed E-state index contributed by atoms with van der Waals surface area (Å²) < 4.78 is 5.48. The Hall–Kier alpha value is -1.81. The van der Waals surface area contributed by atoms with Gasteiger partial charge in [-0.05, 0) is 33.8 Å². The number of nitrogens with zero attached hydrogens (tertiary/aromatic N) is 3. The van der Waals surface area contributed by atoms with Crippen LogP contribution >= 0.6 is 0 Å². The molecule has 0 unspecified atom stereocenters. The highest BCUT2D eigenvalue weighted by molar-refractivity contribution is 5.97. The zero-order valence-electron chi connectivity index (χ0n) is 14.1. The molecule has 4 heteroatoms. The van der Waals surface area contributed by atoms with Crippen LogP contribution in [0.1, 0.15) is 33.3 Å². The van der Waals surface area contributed by atoms with E-state index in [1.54, 1.807) is 7.11 Å². The SMILES string of the molecule is COc1cccc2c3c(cnc12)CN(C(C)C)CN3C(C)C. The average molecular weight is 299 g/mol. The van der Waals surface area contributed by atoms with Crippen molar-refractivity contribution in [3.8, 4) is 5.75 Å². The number of methoxy groups -OCH3 is 1. The Morgan fingerprint density at radius 3 is 2.55 bits per heavy atom. The molecule has 2 heterocycles. The summed E-state index contributed by atoms with van der Waals surface area (Å²) in [6.07, 6.45) is 2.02. The van der Waals surface area contributed by atoms with Gasteiger partial charge in [0.25, 0.3) is 0 Å². The standard InChI is InChI=1S/C18H25N3O/c1-12(2)20-10-14-9-19-17-15(7-6-8-16(17)22-5)18(14)21(11-20)13(3)4/h6-9,12-13H,10-11H2,1-5H3. The average Bonchev–Trinajstić information content (AvgIpc) is 2.52. The van der Waals surface area contributed by atoms with Crippen LogP contribution in [0.25, 0.3) is 10.9 Å². The fourth-order valence-corrected chi connectivity index (χ4v) is 3.15. The van der Waals surface area contributed by atoms with Gasteiger partial charge in [0.15, 0.2) is 0 Å². The van der Waals surface area contributed by atoms with Gasteiger partial charge in [0.05, 0.1) is 19.5 Å². The molecule has 1 aromatic heterocycles. The van der Waals surface area contributed by atoms with Gasteiger partial charge in [0, 0.05) is 35.8 Å². The quantitative estimate of drug-likeness (QED) is 0.865. The molecule has 0 amide bonds. The molecule has 0 radical (unpaired) electrons. The summed E-state index contributed by atoms with van der Waals surface area (Å²) in [6, 6.07) is 7.15. The van der Waals surface area contributed by atoms with Crippen LogP contribution in [0, 0.1) is 0 Å². The molecule has 3 rings (SSSR count). The predicted octanol–water partition coefficient (Wildman–Crippen LogP) is 3.64. The third kappa shape index (κ3) is 2.41. The van der Waals surface area contributed by atoms with Crippen molar-refractivity contribution in [1.29, 1.82) is 0 Å². The lowest BCUT2D eigenvalue weighted by Crippen LogP contribution is -2.48. The topological polar surface area (TPSA) is 28.6 Å². The van der Waals surface area contributed by atoms with E-state index >= 15 is 0 Å². The number of fused-ring (bicyclic) bond motifs is 3. The number of hydrogen-bond donors (Lipinski definition) is 0. The minimum atomic E-state index is 0.442. The molecule has 1 aliphatic heterocycles. The molecule has 0 spiro atoms. The Bertz CT molecular complexity index is 681. The molecule has 0 atom stereocenters. The number of aromatic nitrogens is 1. The Balaban J connectivity index is 2.21. The first-order chi connectivity index (χ1) is 10.5. The van der Waals surface area contributed by atoms with Gasteiger partial charge in [0.1, 0.15) is 11.3 Å². The maximum absolute atomic E-state index is 5.48. The van der Waals surface area contributed by atoms with Gasteiger partial charge in [0.2, 0.25) is 0 Å². The molecule has 0 saturated carbocycles. The summed E-state index contributed by atoms with van der Waals surface area (Å²) in [5, 5.41) is 1.19. The fraction of sp³-hybridized carbons (Fsp3) is 0.500. The first-order valence-corrected chi connectivity index (χ1v) is 7.98. The molecule has 0 bridgehead atoms. The van der Waals surface area contributed by atoms with E-state index in [9.17, 15) is 0 Å². The summed E-state index contributed by atoms with van der Waals surface area (Å²) in [4.78, 5) is 9.63. The summed E-state index contributed by atoms with van der Waals surface area (Å²) in [5.74, 6) is 0.843. The molecule has 22 heavy (non-hydrogen) atoms. The lowest BCUT2D eigenvalue weighted by Gasteiger charge is -2.43. The van der Waals surface area contributed by atoms with Crippen LogP contribution < -0.4 is 9.64 Å². The van der Waals surface area contributed by atoms with Crippen LogP contribution in [0.2, 0.25) is 0 Å². The van der Waals surface area contributed by atoms with Crippen molar-refractivity contribution in [3.63, 3.8) is 0 Å². The number of para-hydroxylation sites is 1. The molecule has 4 nitrogen and oxygen atoms in total. The molecular formula is C18H25N3O. The second-order valence-corrected chi connectivity index (χ2v) is 6.53. The number of anilines is 1. The van der Waals surface area contributed by atoms with Gasteiger partial charge in [-0.3, -0.25) is 9.88 Å². The van der Waals surface area contributed by atoms with Gasteiger partial charge in [-0.15, -0.1) is 0 Å². The lowest BCUT2D eigenvalue weighted by molar-refractivity contribution is 0.197. The van der Waals surface area contributed by atoms with Crippen molar-refractivity contribution in [3.05, 3.63) is 30.0 Å². The molecule has 0 aliphatic carbocycles. The molecule has 2 aromatic rings. The van der Waals surface area contributed by atoms with Crippen molar-refractivity contribution in [2.24, 2.45) is 0 Å². The van der Waals surface area contributed by atoms with E-state index in [1.807, 2.05) is 12.3 Å². The molecule has 0 saturated heterocycles. The molecular weight excluding hydrogens is 274 g/mol. The van der Waals surface area contributed by atoms with Gasteiger partial charge in [-0.1, -0.05) is 12.1 Å². The highest BCUT2D eigenvalue weighted by Crippen LogP contribution is 2.38. The zero-order chi connectivity index (χ0) is 15.9. The van der Waals surface area contributed by atoms with Crippen LogP contribution in [-0.4, -0.2) is 35.7 Å². The minimum absolute atomic E-state index is 0.442. The normalized spacial score (nSPS) is 15.7. The molecule has 0 N–H and O–H groups in total. The van der Waals surface area contributed by atoms with E-state index in [0.717, 1.165) is 24.5 Å². The van der Waals surface area contributed by atoms with E-state index in [2.05, 4.69) is 54.6 Å². The number of rotatable bonds is 3. The van der Waals surface area contributed by atoms with Crippen LogP contribution in [0.3, 0.4) is 0 Å². The largest absolute Gasteiger partial charge is 0.494 e. The fourth-order valence-electron chi connectivity index (χ4n) is 3.15. The van der Waals surface area contributed by atoms with E-state index < -0.39 is 0 Å². The number of hydrogen-bond acceptors (Lipinski definition) is 4. The molecule has 118 valence electrons. The first kappa shape index (κ1) is 15.1. The second-order valence-electron chi connectivity index (χ2n) is 6.53. The van der Waals surface area contributed by atoms with E-state index in [4.69, 9.17) is 4.74 Å². The Morgan fingerprint density at radius 1 is 1.14 bits per heavy atom. The third-order valence-electron chi connectivity index (χ3n) is 4.48. The minimum Gasteiger partial charge on any atom is -0.494 e. The predicted molar refractivity (Wildman–Crippen MR) is 91.5 cm³/mol. The van der Waals surface area contributed by atoms with Crippen molar-refractivity contribution in [2.75, 3.05) is 18.7 Å². The Kier molecular flexibility index (Phi) is 3.96. The molecule has 1 aliphatic rings. The summed E-state index contributed by atoms with van der Waals surface area (Å²) in [7, 11) is 1.70. The maximum Gasteiger partial charge on any atom is 0.145 e. The van der Waals surface area contributed by atoms with Gasteiger partial charge in [-0.25, -0.2) is 0 Å². The summed E-state index contributed by atoms with van der Waals surface area (Å²) in [5.41, 5.74) is 3.57. The zero-order valence-corrected chi connectivity index (χ0v) is 14.1. The highest BCUT2D eigenvalue weighted by Gasteiger charge is 2.28. The van der Waals surface area contributed by atoms with Gasteiger partial charge in [-0.2, -0.15) is 0 Å². The Morgan fingerprint density at radius 2 is 1.91 bits per heavy atom. The highest BCUT2D eigenvalue weighted by atomic mass is 16.5. The monoisotopic (exact) mass is 299 g/mol. The van der Waals surface area contributed by atoms with E-state index in [0.29, 0.717) is 12.1 Å². The summed E-state index contributed by atoms with van der Waals surface area (Å²) in [6.45, 7) is 10.9. The molecule has 1 aromatic carbocycles. The number of ether oxygens (including phenoxy) is 1. The van der Waals surface area contributed by atoms with Crippen molar-refractivity contribution in [2.45, 2.75) is 46.3 Å². The first-order valence-electron chi connectivity index (χ1n) is 7.98. The van der Waals surface area contributed by atoms with Gasteiger partial charge < -0.3 is 9.64 Å². The van der Waals surface area contributed by atoms with Crippen molar-refractivity contribution >= 4 is 16.6 Å². The van der Waals surface area contributed by atoms with E-state index in [-0.39, 0.29) is 0 Å². The number of pyridine rings is 1. The smallest absolute Gasteiger partial charge is 0.145 e. The van der Waals surface area contributed by atoms with Crippen LogP contribution in [-0.2, 0) is 6.54 Å². The molecule has 0 fully saturated rings. The van der Waals surface area contributed by atoms with Crippen LogP contribution in [0.5, 0.6) is 5.75 Å². The second kappa shape index (κ2) is 5.76. The maximum atomic E-state index is 5.48. The third-order valence-corrected chi connectivity index (χ3v) is 4.48. The van der Waals surface area contributed by atoms with E-state index in [1.165, 1.54) is 16.6 Å². The lowest BCUT2D eigenvalue weighted by atomic mass is 10.0. The van der Waals surface area contributed by atoms with Crippen LogP contribution in [0.15, 0.2) is 24.4 Å². The van der Waals surface area contributed by atoms with Crippen LogP contribution in [0.4, 0.5) is 5.69 Å². The van der Waals surface area contributed by atoms with Crippen molar-refractivity contribution in [1.82, 2.24) is 9.88 Å². The Labute approximate surface area is 132 Å². The van der Waals surface area contributed by atoms with Gasteiger partial charge >= 0.3 is 0 Å². The van der Waals surface area contributed by atoms with Crippen molar-refractivity contribution < 1.29 is 4.74 Å².